The van der Waals surface area contributed by atoms with Crippen molar-refractivity contribution in [2.75, 3.05) is 6.54 Å². The third kappa shape index (κ3) is 4.11. The SMILES string of the molecule is CC(NCCC(F)(F)F)c1ccsc1. The number of rotatable bonds is 4. The largest absolute Gasteiger partial charge is 0.390 e. The molecule has 0 aliphatic heterocycles. The number of nitrogens with one attached hydrogen (secondary N) is 1. The molecule has 80 valence electrons. The maximum absolute atomic E-state index is 11.8. The lowest BCUT2D eigenvalue weighted by molar-refractivity contribution is -0.133. The van der Waals surface area contributed by atoms with E-state index in [9.17, 15) is 13.2 Å². The van der Waals surface area contributed by atoms with Gasteiger partial charge in [0.05, 0.1) is 6.42 Å². The van der Waals surface area contributed by atoms with Gasteiger partial charge in [-0.3, -0.25) is 0 Å². The Labute approximate surface area is 84.9 Å². The van der Waals surface area contributed by atoms with E-state index in [0.717, 1.165) is 5.56 Å². The van der Waals surface area contributed by atoms with E-state index in [-0.39, 0.29) is 12.6 Å². The van der Waals surface area contributed by atoms with Gasteiger partial charge in [-0.2, -0.15) is 24.5 Å². The average Bonchev–Trinajstić information content (AvgIpc) is 2.53. The zero-order valence-electron chi connectivity index (χ0n) is 7.77. The van der Waals surface area contributed by atoms with Gasteiger partial charge >= 0.3 is 6.18 Å². The molecule has 14 heavy (non-hydrogen) atoms. The molecule has 0 fully saturated rings. The van der Waals surface area contributed by atoms with Gasteiger partial charge < -0.3 is 5.32 Å². The van der Waals surface area contributed by atoms with E-state index in [4.69, 9.17) is 0 Å². The van der Waals surface area contributed by atoms with Crippen molar-refractivity contribution in [1.82, 2.24) is 5.32 Å². The number of hydrogen-bond donors (Lipinski definition) is 1. The molecule has 0 amide bonds. The van der Waals surface area contributed by atoms with Crippen molar-refractivity contribution in [1.29, 1.82) is 0 Å². The Hall–Kier alpha value is -0.550. The van der Waals surface area contributed by atoms with Gasteiger partial charge in [0.1, 0.15) is 0 Å². The van der Waals surface area contributed by atoms with E-state index < -0.39 is 12.6 Å². The van der Waals surface area contributed by atoms with Crippen molar-refractivity contribution >= 4 is 11.3 Å². The van der Waals surface area contributed by atoms with E-state index in [2.05, 4.69) is 5.32 Å². The molecule has 0 aliphatic rings. The van der Waals surface area contributed by atoms with Gasteiger partial charge in [-0.15, -0.1) is 0 Å². The summed E-state index contributed by atoms with van der Waals surface area (Å²) < 4.78 is 35.4. The van der Waals surface area contributed by atoms with Crippen LogP contribution in [0.4, 0.5) is 13.2 Å². The minimum atomic E-state index is -4.07. The zero-order valence-corrected chi connectivity index (χ0v) is 8.58. The highest BCUT2D eigenvalue weighted by Gasteiger charge is 2.26. The van der Waals surface area contributed by atoms with Crippen molar-refractivity contribution < 1.29 is 13.2 Å². The predicted octanol–water partition coefficient (Wildman–Crippen LogP) is 3.35. The minimum Gasteiger partial charge on any atom is -0.310 e. The molecule has 1 nitrogen and oxygen atoms in total. The molecule has 0 radical (unpaired) electrons. The normalized spacial score (nSPS) is 14.3. The fourth-order valence-corrected chi connectivity index (χ4v) is 1.82. The Morgan fingerprint density at radius 2 is 2.21 bits per heavy atom. The zero-order chi connectivity index (χ0) is 10.6. The maximum atomic E-state index is 11.8. The van der Waals surface area contributed by atoms with Crippen molar-refractivity contribution in [3.8, 4) is 0 Å². The molecular formula is C9H12F3NS. The van der Waals surface area contributed by atoms with E-state index >= 15 is 0 Å². The van der Waals surface area contributed by atoms with Crippen molar-refractivity contribution in [3.05, 3.63) is 22.4 Å². The van der Waals surface area contributed by atoms with Gasteiger partial charge in [0.15, 0.2) is 0 Å². The highest BCUT2D eigenvalue weighted by atomic mass is 32.1. The Kier molecular flexibility index (Phi) is 3.95. The fraction of sp³-hybridized carbons (Fsp3) is 0.556. The molecule has 1 rings (SSSR count). The third-order valence-electron chi connectivity index (χ3n) is 1.90. The first-order valence-corrected chi connectivity index (χ1v) is 5.25. The van der Waals surface area contributed by atoms with Crippen LogP contribution in [-0.2, 0) is 0 Å². The number of halogens is 3. The topological polar surface area (TPSA) is 12.0 Å². The van der Waals surface area contributed by atoms with Gasteiger partial charge in [-0.1, -0.05) is 0 Å². The Morgan fingerprint density at radius 1 is 1.50 bits per heavy atom. The van der Waals surface area contributed by atoms with E-state index in [1.807, 2.05) is 23.8 Å². The molecule has 1 aromatic rings. The summed E-state index contributed by atoms with van der Waals surface area (Å²) in [7, 11) is 0. The van der Waals surface area contributed by atoms with Crippen LogP contribution in [0.3, 0.4) is 0 Å². The van der Waals surface area contributed by atoms with Crippen LogP contribution >= 0.6 is 11.3 Å². The number of alkyl halides is 3. The second kappa shape index (κ2) is 4.79. The molecule has 1 heterocycles. The molecule has 1 N–H and O–H groups in total. The summed E-state index contributed by atoms with van der Waals surface area (Å²) in [5.74, 6) is 0. The first-order valence-electron chi connectivity index (χ1n) is 4.31. The monoisotopic (exact) mass is 223 g/mol. The van der Waals surface area contributed by atoms with E-state index in [1.54, 1.807) is 11.3 Å². The summed E-state index contributed by atoms with van der Waals surface area (Å²) in [4.78, 5) is 0. The quantitative estimate of drug-likeness (QED) is 0.825. The number of thiophene rings is 1. The second-order valence-electron chi connectivity index (χ2n) is 3.10. The third-order valence-corrected chi connectivity index (χ3v) is 2.60. The summed E-state index contributed by atoms with van der Waals surface area (Å²) in [6, 6.07) is 1.90. The molecule has 0 aromatic carbocycles. The van der Waals surface area contributed by atoms with Crippen LogP contribution in [0.2, 0.25) is 0 Å². The molecule has 0 saturated heterocycles. The van der Waals surface area contributed by atoms with Crippen LogP contribution in [0, 0.1) is 0 Å². The lowest BCUT2D eigenvalue weighted by Gasteiger charge is -2.13. The summed E-state index contributed by atoms with van der Waals surface area (Å²) in [6.07, 6.45) is -4.84. The molecule has 0 bridgehead atoms. The average molecular weight is 223 g/mol. The van der Waals surface area contributed by atoms with Crippen molar-refractivity contribution in [2.45, 2.75) is 25.6 Å². The summed E-state index contributed by atoms with van der Waals surface area (Å²) in [6.45, 7) is 1.83. The summed E-state index contributed by atoms with van der Waals surface area (Å²) >= 11 is 1.54. The predicted molar refractivity (Wildman–Crippen MR) is 51.4 cm³/mol. The summed E-state index contributed by atoms with van der Waals surface area (Å²) in [5, 5.41) is 6.68. The van der Waals surface area contributed by atoms with E-state index in [1.165, 1.54) is 0 Å². The highest BCUT2D eigenvalue weighted by Crippen LogP contribution is 2.20. The van der Waals surface area contributed by atoms with E-state index in [0.29, 0.717) is 0 Å². The molecule has 1 atom stereocenters. The van der Waals surface area contributed by atoms with Gasteiger partial charge in [0.2, 0.25) is 0 Å². The number of hydrogen-bond acceptors (Lipinski definition) is 2. The first-order chi connectivity index (χ1) is 6.49. The van der Waals surface area contributed by atoms with Crippen molar-refractivity contribution in [3.63, 3.8) is 0 Å². The molecule has 0 aliphatic carbocycles. The van der Waals surface area contributed by atoms with Crippen LogP contribution in [-0.4, -0.2) is 12.7 Å². The molecule has 0 spiro atoms. The molecule has 1 aromatic heterocycles. The Bertz CT molecular complexity index is 256. The van der Waals surface area contributed by atoms with Crippen LogP contribution < -0.4 is 5.32 Å². The van der Waals surface area contributed by atoms with Crippen LogP contribution in [0.5, 0.6) is 0 Å². The first kappa shape index (κ1) is 11.5. The molecule has 1 unspecified atom stereocenters. The van der Waals surface area contributed by atoms with Gasteiger partial charge in [-0.05, 0) is 29.3 Å². The lowest BCUT2D eigenvalue weighted by Crippen LogP contribution is -2.24. The Morgan fingerprint density at radius 3 is 2.71 bits per heavy atom. The second-order valence-corrected chi connectivity index (χ2v) is 3.88. The fourth-order valence-electron chi connectivity index (χ4n) is 1.07. The standard InChI is InChI=1S/C9H12F3NS/c1-7(8-2-5-14-6-8)13-4-3-9(10,11)12/h2,5-7,13H,3-4H2,1H3. The van der Waals surface area contributed by atoms with Crippen molar-refractivity contribution in [2.24, 2.45) is 0 Å². The van der Waals surface area contributed by atoms with Crippen LogP contribution in [0.25, 0.3) is 0 Å². The van der Waals surface area contributed by atoms with Gasteiger partial charge in [-0.25, -0.2) is 0 Å². The van der Waals surface area contributed by atoms with Crippen LogP contribution in [0.15, 0.2) is 16.8 Å². The van der Waals surface area contributed by atoms with Crippen LogP contribution in [0.1, 0.15) is 24.9 Å². The minimum absolute atomic E-state index is 0.0106. The van der Waals surface area contributed by atoms with Gasteiger partial charge in [0, 0.05) is 12.6 Å². The molecule has 0 saturated carbocycles. The maximum Gasteiger partial charge on any atom is 0.390 e. The molecule has 5 heteroatoms. The lowest BCUT2D eigenvalue weighted by atomic mass is 10.2. The molecular weight excluding hydrogens is 211 g/mol. The highest BCUT2D eigenvalue weighted by molar-refractivity contribution is 7.07. The Balaban J connectivity index is 2.26. The summed E-state index contributed by atoms with van der Waals surface area (Å²) in [5.41, 5.74) is 1.04. The smallest absolute Gasteiger partial charge is 0.310 e. The van der Waals surface area contributed by atoms with Gasteiger partial charge in [0.25, 0.3) is 0 Å².